The third kappa shape index (κ3) is 3.69. The molecule has 4 rings (SSSR count). The molecule has 0 spiro atoms. The van der Waals surface area contributed by atoms with Gasteiger partial charge in [-0.15, -0.1) is 0 Å². The Morgan fingerprint density at radius 2 is 1.96 bits per heavy atom. The van der Waals surface area contributed by atoms with Gasteiger partial charge in [0.1, 0.15) is 5.75 Å². The van der Waals surface area contributed by atoms with Crippen LogP contribution in [0.25, 0.3) is 11.0 Å². The fraction of sp³-hybridized carbons (Fsp3) is 0.455. The van der Waals surface area contributed by atoms with Crippen LogP contribution in [0, 0.1) is 6.92 Å². The third-order valence-corrected chi connectivity index (χ3v) is 5.67. The summed E-state index contributed by atoms with van der Waals surface area (Å²) in [6.07, 6.45) is 7.07. The summed E-state index contributed by atoms with van der Waals surface area (Å²) >= 11 is 0. The number of ether oxygens (including phenoxy) is 1. The number of methoxy groups -OCH3 is 1. The lowest BCUT2D eigenvalue weighted by molar-refractivity contribution is 0.192. The zero-order valence-corrected chi connectivity index (χ0v) is 16.5. The van der Waals surface area contributed by atoms with Crippen LogP contribution < -0.4 is 4.74 Å². The molecule has 1 aromatic carbocycles. The number of pyridine rings is 1. The molecule has 0 amide bonds. The molecule has 3 heterocycles. The van der Waals surface area contributed by atoms with Crippen molar-refractivity contribution in [2.45, 2.75) is 45.2 Å². The van der Waals surface area contributed by atoms with Crippen LogP contribution in [0.15, 0.2) is 36.5 Å². The second kappa shape index (κ2) is 7.69. The van der Waals surface area contributed by atoms with Crippen LogP contribution in [0.1, 0.15) is 48.5 Å². The van der Waals surface area contributed by atoms with Gasteiger partial charge in [0.15, 0.2) is 5.65 Å². The van der Waals surface area contributed by atoms with E-state index in [0.717, 1.165) is 35.6 Å². The van der Waals surface area contributed by atoms with Gasteiger partial charge in [0.25, 0.3) is 0 Å². The molecule has 0 saturated carbocycles. The monoisotopic (exact) mass is 364 g/mol. The number of benzene rings is 1. The number of hydrogen-bond donors (Lipinski definition) is 0. The SMILES string of the molecule is COc1ccc(C2CCCCCN2Cc2cnc3c(c2)c(C)nn3C)cc1. The normalized spacial score (nSPS) is 18.6. The molecule has 1 atom stereocenters. The summed E-state index contributed by atoms with van der Waals surface area (Å²) in [5, 5.41) is 5.66. The van der Waals surface area contributed by atoms with E-state index in [0.29, 0.717) is 6.04 Å². The summed E-state index contributed by atoms with van der Waals surface area (Å²) in [6.45, 7) is 4.11. The maximum atomic E-state index is 5.33. The van der Waals surface area contributed by atoms with Gasteiger partial charge in [-0.1, -0.05) is 25.0 Å². The number of likely N-dealkylation sites (tertiary alicyclic amines) is 1. The molecule has 27 heavy (non-hydrogen) atoms. The Morgan fingerprint density at radius 3 is 2.74 bits per heavy atom. The summed E-state index contributed by atoms with van der Waals surface area (Å²) < 4.78 is 7.19. The summed E-state index contributed by atoms with van der Waals surface area (Å²) in [7, 11) is 3.67. The van der Waals surface area contributed by atoms with Crippen LogP contribution in [0.2, 0.25) is 0 Å². The van der Waals surface area contributed by atoms with Gasteiger partial charge in [-0.3, -0.25) is 9.58 Å². The first-order valence-corrected chi connectivity index (χ1v) is 9.82. The number of aryl methyl sites for hydroxylation is 2. The van der Waals surface area contributed by atoms with E-state index in [4.69, 9.17) is 4.74 Å². The minimum absolute atomic E-state index is 0.448. The molecule has 142 valence electrons. The average molecular weight is 364 g/mol. The molecule has 0 N–H and O–H groups in total. The van der Waals surface area contributed by atoms with Gasteiger partial charge in [0.05, 0.1) is 12.8 Å². The van der Waals surface area contributed by atoms with Gasteiger partial charge >= 0.3 is 0 Å². The molecular formula is C22H28N4O. The lowest BCUT2D eigenvalue weighted by Gasteiger charge is -2.30. The summed E-state index contributed by atoms with van der Waals surface area (Å²) in [4.78, 5) is 7.28. The van der Waals surface area contributed by atoms with Crippen molar-refractivity contribution in [3.8, 4) is 5.75 Å². The van der Waals surface area contributed by atoms with E-state index in [1.165, 1.54) is 36.8 Å². The lowest BCUT2D eigenvalue weighted by Crippen LogP contribution is -2.28. The highest BCUT2D eigenvalue weighted by Crippen LogP contribution is 2.32. The average Bonchev–Trinajstić information content (AvgIpc) is 2.85. The first-order chi connectivity index (χ1) is 13.2. The van der Waals surface area contributed by atoms with Crippen molar-refractivity contribution in [2.24, 2.45) is 7.05 Å². The van der Waals surface area contributed by atoms with Gasteiger partial charge in [-0.2, -0.15) is 5.10 Å². The molecule has 1 aliphatic heterocycles. The highest BCUT2D eigenvalue weighted by Gasteiger charge is 2.23. The first-order valence-electron chi connectivity index (χ1n) is 9.82. The summed E-state index contributed by atoms with van der Waals surface area (Å²) in [5.41, 5.74) is 4.64. The number of rotatable bonds is 4. The molecule has 0 radical (unpaired) electrons. The fourth-order valence-corrected chi connectivity index (χ4v) is 4.23. The van der Waals surface area contributed by atoms with Crippen molar-refractivity contribution in [3.63, 3.8) is 0 Å². The van der Waals surface area contributed by atoms with Crippen LogP contribution in [0.4, 0.5) is 0 Å². The quantitative estimate of drug-likeness (QED) is 0.688. The van der Waals surface area contributed by atoms with E-state index in [9.17, 15) is 0 Å². The second-order valence-electron chi connectivity index (χ2n) is 7.53. The standard InChI is InChI=1S/C22H28N4O/c1-16-20-13-17(14-23-22(20)25(2)24-16)15-26-12-6-4-5-7-21(26)18-8-10-19(27-3)11-9-18/h8-11,13-14,21H,4-7,12,15H2,1-3H3. The Morgan fingerprint density at radius 1 is 1.15 bits per heavy atom. The number of fused-ring (bicyclic) bond motifs is 1. The number of hydrogen-bond acceptors (Lipinski definition) is 4. The zero-order valence-electron chi connectivity index (χ0n) is 16.5. The molecule has 0 aliphatic carbocycles. The number of nitrogens with zero attached hydrogens (tertiary/aromatic N) is 4. The molecule has 5 heteroatoms. The fourth-order valence-electron chi connectivity index (χ4n) is 4.23. The lowest BCUT2D eigenvalue weighted by atomic mass is 10.00. The molecule has 1 saturated heterocycles. The molecule has 5 nitrogen and oxygen atoms in total. The van der Waals surface area contributed by atoms with E-state index in [-0.39, 0.29) is 0 Å². The third-order valence-electron chi connectivity index (χ3n) is 5.67. The van der Waals surface area contributed by atoms with Crippen molar-refractivity contribution >= 4 is 11.0 Å². The highest BCUT2D eigenvalue weighted by molar-refractivity contribution is 5.78. The molecule has 1 unspecified atom stereocenters. The van der Waals surface area contributed by atoms with Crippen LogP contribution in [0.5, 0.6) is 5.75 Å². The molecule has 1 aliphatic rings. The van der Waals surface area contributed by atoms with E-state index in [2.05, 4.69) is 52.2 Å². The van der Waals surface area contributed by atoms with E-state index in [1.807, 2.05) is 17.9 Å². The topological polar surface area (TPSA) is 43.2 Å². The largest absolute Gasteiger partial charge is 0.497 e. The minimum Gasteiger partial charge on any atom is -0.497 e. The number of aromatic nitrogens is 3. The van der Waals surface area contributed by atoms with E-state index < -0.39 is 0 Å². The molecule has 2 aromatic heterocycles. The van der Waals surface area contributed by atoms with Crippen LogP contribution >= 0.6 is 0 Å². The van der Waals surface area contributed by atoms with Crippen molar-refractivity contribution in [1.29, 1.82) is 0 Å². The molecule has 3 aromatic rings. The van der Waals surface area contributed by atoms with Crippen LogP contribution in [0.3, 0.4) is 0 Å². The van der Waals surface area contributed by atoms with Crippen LogP contribution in [-0.2, 0) is 13.6 Å². The zero-order chi connectivity index (χ0) is 18.8. The van der Waals surface area contributed by atoms with Crippen molar-refractivity contribution in [1.82, 2.24) is 19.7 Å². The molecule has 0 bridgehead atoms. The summed E-state index contributed by atoms with van der Waals surface area (Å²) in [6, 6.07) is 11.3. The molecular weight excluding hydrogens is 336 g/mol. The minimum atomic E-state index is 0.448. The predicted octanol–water partition coefficient (Wildman–Crippen LogP) is 4.40. The van der Waals surface area contributed by atoms with Gasteiger partial charge in [0.2, 0.25) is 0 Å². The Labute approximate surface area is 161 Å². The first kappa shape index (κ1) is 18.0. The smallest absolute Gasteiger partial charge is 0.157 e. The van der Waals surface area contributed by atoms with Gasteiger partial charge in [-0.05, 0) is 55.6 Å². The van der Waals surface area contributed by atoms with Crippen molar-refractivity contribution in [2.75, 3.05) is 13.7 Å². The second-order valence-corrected chi connectivity index (χ2v) is 7.53. The van der Waals surface area contributed by atoms with Gasteiger partial charge in [0, 0.05) is 31.2 Å². The maximum Gasteiger partial charge on any atom is 0.157 e. The molecule has 1 fully saturated rings. The van der Waals surface area contributed by atoms with Gasteiger partial charge in [-0.25, -0.2) is 4.98 Å². The van der Waals surface area contributed by atoms with Gasteiger partial charge < -0.3 is 4.74 Å². The van der Waals surface area contributed by atoms with Crippen molar-refractivity contribution < 1.29 is 4.74 Å². The Hall–Kier alpha value is -2.40. The van der Waals surface area contributed by atoms with E-state index in [1.54, 1.807) is 7.11 Å². The van der Waals surface area contributed by atoms with Crippen LogP contribution in [-0.4, -0.2) is 33.3 Å². The maximum absolute atomic E-state index is 5.33. The van der Waals surface area contributed by atoms with E-state index >= 15 is 0 Å². The van der Waals surface area contributed by atoms with Crippen molar-refractivity contribution in [3.05, 3.63) is 53.3 Å². The Kier molecular flexibility index (Phi) is 5.12. The Bertz CT molecular complexity index is 916. The predicted molar refractivity (Wildman–Crippen MR) is 108 cm³/mol. The summed E-state index contributed by atoms with van der Waals surface area (Å²) in [5.74, 6) is 0.917. The Balaban J connectivity index is 1.61. The highest BCUT2D eigenvalue weighted by atomic mass is 16.5.